The fourth-order valence-corrected chi connectivity index (χ4v) is 4.72. The lowest BCUT2D eigenvalue weighted by Gasteiger charge is -2.09. The fraction of sp³-hybridized carbons (Fsp3) is 0.286. The Bertz CT molecular complexity index is 1130. The van der Waals surface area contributed by atoms with Crippen molar-refractivity contribution in [2.75, 3.05) is 17.7 Å². The highest BCUT2D eigenvalue weighted by Crippen LogP contribution is 2.33. The zero-order valence-corrected chi connectivity index (χ0v) is 19.0. The smallest absolute Gasteiger partial charge is 0.348 e. The Labute approximate surface area is 188 Å². The van der Waals surface area contributed by atoms with Crippen LogP contribution in [0.25, 0.3) is 5.69 Å². The largest absolute Gasteiger partial charge is 0.462 e. The second-order valence-electron chi connectivity index (χ2n) is 6.35. The number of nitrogens with zero attached hydrogens (tertiary/aromatic N) is 4. The molecule has 0 saturated carbocycles. The van der Waals surface area contributed by atoms with Crippen molar-refractivity contribution in [3.63, 3.8) is 0 Å². The van der Waals surface area contributed by atoms with Crippen molar-refractivity contribution in [2.24, 2.45) is 0 Å². The molecule has 160 valence electrons. The van der Waals surface area contributed by atoms with E-state index in [0.29, 0.717) is 27.0 Å². The number of ether oxygens (including phenoxy) is 1. The van der Waals surface area contributed by atoms with Crippen molar-refractivity contribution in [1.29, 1.82) is 5.26 Å². The van der Waals surface area contributed by atoms with E-state index in [-0.39, 0.29) is 23.8 Å². The molecule has 3 aromatic rings. The molecule has 0 atom stereocenters. The van der Waals surface area contributed by atoms with E-state index in [1.165, 1.54) is 11.8 Å². The molecular formula is C21H21N5O3S2. The van der Waals surface area contributed by atoms with Crippen molar-refractivity contribution >= 4 is 40.0 Å². The Morgan fingerprint density at radius 3 is 2.65 bits per heavy atom. The van der Waals surface area contributed by atoms with E-state index in [4.69, 9.17) is 4.74 Å². The lowest BCUT2D eigenvalue weighted by atomic mass is 10.2. The monoisotopic (exact) mass is 455 g/mol. The Morgan fingerprint density at radius 2 is 2.00 bits per heavy atom. The Balaban J connectivity index is 1.75. The predicted octanol–water partition coefficient (Wildman–Crippen LogP) is 3.98. The number of hydrogen-bond acceptors (Lipinski definition) is 8. The first-order valence-electron chi connectivity index (χ1n) is 9.63. The lowest BCUT2D eigenvalue weighted by molar-refractivity contribution is -0.113. The van der Waals surface area contributed by atoms with Gasteiger partial charge < -0.3 is 10.1 Å². The number of aromatic nitrogens is 3. The van der Waals surface area contributed by atoms with Crippen LogP contribution in [0, 0.1) is 18.3 Å². The molecule has 1 N–H and O–H groups in total. The number of amides is 1. The van der Waals surface area contributed by atoms with Gasteiger partial charge in [-0.2, -0.15) is 5.26 Å². The van der Waals surface area contributed by atoms with Crippen LogP contribution in [0.1, 0.15) is 40.5 Å². The summed E-state index contributed by atoms with van der Waals surface area (Å²) in [6, 6.07) is 11.8. The average molecular weight is 456 g/mol. The number of thiophene rings is 1. The molecule has 0 fully saturated rings. The van der Waals surface area contributed by atoms with Gasteiger partial charge in [-0.1, -0.05) is 36.9 Å². The number of para-hydroxylation sites is 1. The summed E-state index contributed by atoms with van der Waals surface area (Å²) in [5.74, 6) is 0.0673. The van der Waals surface area contributed by atoms with Gasteiger partial charge in [-0.15, -0.1) is 21.5 Å². The van der Waals surface area contributed by atoms with Gasteiger partial charge in [0.2, 0.25) is 5.91 Å². The third-order valence-electron chi connectivity index (χ3n) is 4.34. The van der Waals surface area contributed by atoms with Crippen molar-refractivity contribution in [1.82, 2.24) is 14.8 Å². The van der Waals surface area contributed by atoms with Gasteiger partial charge >= 0.3 is 5.97 Å². The first kappa shape index (κ1) is 22.5. The fourth-order valence-electron chi connectivity index (χ4n) is 2.88. The number of nitrogens with one attached hydrogen (secondary N) is 1. The van der Waals surface area contributed by atoms with Crippen molar-refractivity contribution in [2.45, 2.75) is 32.3 Å². The number of carbonyl (C=O) groups excluding carboxylic acids is 2. The molecule has 10 heteroatoms. The van der Waals surface area contributed by atoms with Gasteiger partial charge in [-0.05, 0) is 31.5 Å². The lowest BCUT2D eigenvalue weighted by Crippen LogP contribution is -2.14. The summed E-state index contributed by atoms with van der Waals surface area (Å²) in [4.78, 5) is 25.0. The number of esters is 1. The van der Waals surface area contributed by atoms with E-state index in [1.807, 2.05) is 41.8 Å². The van der Waals surface area contributed by atoms with Crippen LogP contribution in [0.4, 0.5) is 5.00 Å². The van der Waals surface area contributed by atoms with Gasteiger partial charge in [-0.25, -0.2) is 4.79 Å². The summed E-state index contributed by atoms with van der Waals surface area (Å²) in [5.41, 5.74) is 1.70. The topological polar surface area (TPSA) is 110 Å². The van der Waals surface area contributed by atoms with E-state index >= 15 is 0 Å². The first-order valence-corrected chi connectivity index (χ1v) is 11.4. The summed E-state index contributed by atoms with van der Waals surface area (Å²) in [5, 5.41) is 21.6. The van der Waals surface area contributed by atoms with Gasteiger partial charge in [0.1, 0.15) is 21.8 Å². The normalized spacial score (nSPS) is 10.5. The molecule has 0 aliphatic rings. The molecule has 0 bridgehead atoms. The molecule has 1 aromatic carbocycles. The van der Waals surface area contributed by atoms with Gasteiger partial charge in [0.05, 0.1) is 17.9 Å². The SMILES string of the molecule is CCOC(=O)c1sc(NC(=O)CSc2nnc(CC)n2-c2ccccc2)c(C#N)c1C. The van der Waals surface area contributed by atoms with Crippen LogP contribution in [0.15, 0.2) is 35.5 Å². The molecule has 0 saturated heterocycles. The maximum Gasteiger partial charge on any atom is 0.348 e. The summed E-state index contributed by atoms with van der Waals surface area (Å²) < 4.78 is 6.95. The maximum atomic E-state index is 12.6. The molecule has 8 nitrogen and oxygen atoms in total. The van der Waals surface area contributed by atoms with E-state index in [9.17, 15) is 14.9 Å². The second-order valence-corrected chi connectivity index (χ2v) is 8.32. The number of benzene rings is 1. The highest BCUT2D eigenvalue weighted by Gasteiger charge is 2.22. The Kier molecular flexibility index (Phi) is 7.44. The second kappa shape index (κ2) is 10.2. The molecule has 2 heterocycles. The summed E-state index contributed by atoms with van der Waals surface area (Å²) in [6.45, 7) is 5.61. The number of nitriles is 1. The number of rotatable bonds is 8. The number of carbonyl (C=O) groups is 2. The molecule has 0 radical (unpaired) electrons. The number of anilines is 1. The molecule has 0 spiro atoms. The molecule has 0 aliphatic carbocycles. The highest BCUT2D eigenvalue weighted by atomic mass is 32.2. The molecule has 0 aliphatic heterocycles. The van der Waals surface area contributed by atoms with Gasteiger partial charge in [0.25, 0.3) is 0 Å². The summed E-state index contributed by atoms with van der Waals surface area (Å²) in [6.07, 6.45) is 0.700. The van der Waals surface area contributed by atoms with Crippen LogP contribution >= 0.6 is 23.1 Å². The summed E-state index contributed by atoms with van der Waals surface area (Å²) in [7, 11) is 0. The standard InChI is InChI=1S/C21H21N5O3S2/c1-4-16-24-25-21(26(16)14-9-7-6-8-10-14)30-12-17(27)23-19-15(11-22)13(3)18(31-19)20(28)29-5-2/h6-10H,4-5,12H2,1-3H3,(H,23,27). The first-order chi connectivity index (χ1) is 15.0. The molecule has 1 amide bonds. The molecule has 31 heavy (non-hydrogen) atoms. The van der Waals surface area contributed by atoms with Crippen molar-refractivity contribution < 1.29 is 14.3 Å². The number of thioether (sulfide) groups is 1. The average Bonchev–Trinajstić information content (AvgIpc) is 3.33. The van der Waals surface area contributed by atoms with Crippen LogP contribution < -0.4 is 5.32 Å². The van der Waals surface area contributed by atoms with Crippen molar-refractivity contribution in [3.05, 3.63) is 52.2 Å². The zero-order chi connectivity index (χ0) is 22.4. The van der Waals surface area contributed by atoms with Crippen LogP contribution in [0.3, 0.4) is 0 Å². The third kappa shape index (κ3) is 4.95. The van der Waals surface area contributed by atoms with Gasteiger partial charge in [-0.3, -0.25) is 9.36 Å². The van der Waals surface area contributed by atoms with Crippen LogP contribution in [-0.2, 0) is 16.0 Å². The maximum absolute atomic E-state index is 12.6. The van der Waals surface area contributed by atoms with E-state index < -0.39 is 5.97 Å². The van der Waals surface area contributed by atoms with Crippen molar-refractivity contribution in [3.8, 4) is 11.8 Å². The number of aryl methyl sites for hydroxylation is 1. The van der Waals surface area contributed by atoms with Gasteiger partial charge in [0.15, 0.2) is 5.16 Å². The zero-order valence-electron chi connectivity index (χ0n) is 17.3. The van der Waals surface area contributed by atoms with Gasteiger partial charge in [0, 0.05) is 12.1 Å². The minimum atomic E-state index is -0.501. The van der Waals surface area contributed by atoms with E-state index in [0.717, 1.165) is 22.8 Å². The Hall–Kier alpha value is -3.16. The molecule has 2 aromatic heterocycles. The Morgan fingerprint density at radius 1 is 1.26 bits per heavy atom. The molecular weight excluding hydrogens is 434 g/mol. The van der Waals surface area contributed by atoms with Crippen LogP contribution in [0.2, 0.25) is 0 Å². The minimum Gasteiger partial charge on any atom is -0.462 e. The quantitative estimate of drug-likeness (QED) is 0.404. The highest BCUT2D eigenvalue weighted by molar-refractivity contribution is 7.99. The molecule has 3 rings (SSSR count). The number of hydrogen-bond donors (Lipinski definition) is 1. The van der Waals surface area contributed by atoms with E-state index in [2.05, 4.69) is 21.6 Å². The van der Waals surface area contributed by atoms with Crippen LogP contribution in [-0.4, -0.2) is 39.0 Å². The summed E-state index contributed by atoms with van der Waals surface area (Å²) >= 11 is 2.30. The predicted molar refractivity (Wildman–Crippen MR) is 120 cm³/mol. The third-order valence-corrected chi connectivity index (χ3v) is 6.45. The molecule has 0 unspecified atom stereocenters. The van der Waals surface area contributed by atoms with E-state index in [1.54, 1.807) is 13.8 Å². The minimum absolute atomic E-state index is 0.0746. The van der Waals surface area contributed by atoms with Crippen LogP contribution in [0.5, 0.6) is 0 Å².